The zero-order valence-electron chi connectivity index (χ0n) is 19.8. The number of guanidine groups is 1. The predicted octanol–water partition coefficient (Wildman–Crippen LogP) is 3.70. The van der Waals surface area contributed by atoms with Gasteiger partial charge in [0.2, 0.25) is 5.91 Å². The second-order valence-corrected chi connectivity index (χ2v) is 9.01. The van der Waals surface area contributed by atoms with Gasteiger partial charge in [-0.1, -0.05) is 37.1 Å². The van der Waals surface area contributed by atoms with Crippen LogP contribution >= 0.6 is 24.0 Å². The molecular formula is C25H37IN6O. The van der Waals surface area contributed by atoms with Crippen LogP contribution in [-0.4, -0.2) is 52.0 Å². The Balaban J connectivity index is 0.00000306. The maximum atomic E-state index is 12.7. The van der Waals surface area contributed by atoms with Crippen molar-refractivity contribution >= 4 is 35.8 Å². The van der Waals surface area contributed by atoms with Crippen molar-refractivity contribution in [2.45, 2.75) is 65.1 Å². The summed E-state index contributed by atoms with van der Waals surface area (Å²) in [5.74, 6) is 2.46. The number of carbonyl (C=O) groups excluding carboxylic acids is 1. The summed E-state index contributed by atoms with van der Waals surface area (Å²) < 4.78 is 2.15. The van der Waals surface area contributed by atoms with E-state index in [-0.39, 0.29) is 35.9 Å². The van der Waals surface area contributed by atoms with Crippen LogP contribution in [0.15, 0.2) is 41.7 Å². The molecule has 1 unspecified atom stereocenters. The van der Waals surface area contributed by atoms with Crippen molar-refractivity contribution in [2.24, 2.45) is 10.9 Å². The minimum Gasteiger partial charge on any atom is -0.357 e. The molecule has 2 N–H and O–H groups in total. The highest BCUT2D eigenvalue weighted by Crippen LogP contribution is 2.27. The predicted molar refractivity (Wildman–Crippen MR) is 143 cm³/mol. The molecule has 2 aliphatic rings. The molecule has 1 saturated carbocycles. The number of aromatic nitrogens is 2. The molecule has 33 heavy (non-hydrogen) atoms. The topological polar surface area (TPSA) is 74.6 Å². The van der Waals surface area contributed by atoms with Gasteiger partial charge in [0.25, 0.3) is 0 Å². The summed E-state index contributed by atoms with van der Waals surface area (Å²) in [7, 11) is 0. The highest BCUT2D eigenvalue weighted by molar-refractivity contribution is 14.0. The summed E-state index contributed by atoms with van der Waals surface area (Å²) >= 11 is 0. The van der Waals surface area contributed by atoms with Gasteiger partial charge in [0.1, 0.15) is 5.82 Å². The molecule has 4 rings (SSSR count). The molecule has 7 nitrogen and oxygen atoms in total. The number of rotatable bonds is 7. The average Bonchev–Trinajstić information content (AvgIpc) is 3.56. The van der Waals surface area contributed by atoms with Gasteiger partial charge in [-0.05, 0) is 44.2 Å². The van der Waals surface area contributed by atoms with E-state index in [1.807, 2.05) is 19.3 Å². The highest BCUT2D eigenvalue weighted by atomic mass is 127. The van der Waals surface area contributed by atoms with Crippen molar-refractivity contribution in [3.63, 3.8) is 0 Å². The maximum Gasteiger partial charge on any atom is 0.225 e. The Morgan fingerprint density at radius 1 is 1.21 bits per heavy atom. The van der Waals surface area contributed by atoms with Gasteiger partial charge in [-0.3, -0.25) is 4.79 Å². The van der Waals surface area contributed by atoms with Crippen LogP contribution in [-0.2, 0) is 17.9 Å². The first-order valence-electron chi connectivity index (χ1n) is 12.0. The summed E-state index contributed by atoms with van der Waals surface area (Å²) in [6.45, 7) is 7.97. The van der Waals surface area contributed by atoms with Crippen LogP contribution < -0.4 is 10.6 Å². The Hall–Kier alpha value is -2.10. The smallest absolute Gasteiger partial charge is 0.225 e. The van der Waals surface area contributed by atoms with Crippen LogP contribution in [0.2, 0.25) is 0 Å². The normalized spacial score (nSPS) is 18.9. The molecule has 1 amide bonds. The van der Waals surface area contributed by atoms with Gasteiger partial charge in [0.15, 0.2) is 5.96 Å². The summed E-state index contributed by atoms with van der Waals surface area (Å²) in [4.78, 5) is 23.9. The zero-order chi connectivity index (χ0) is 22.3. The van der Waals surface area contributed by atoms with Crippen molar-refractivity contribution in [2.75, 3.05) is 19.6 Å². The van der Waals surface area contributed by atoms with E-state index in [4.69, 9.17) is 4.99 Å². The van der Waals surface area contributed by atoms with Crippen molar-refractivity contribution in [3.05, 3.63) is 53.6 Å². The summed E-state index contributed by atoms with van der Waals surface area (Å²) in [6, 6.07) is 8.83. The molecule has 2 aromatic rings. The van der Waals surface area contributed by atoms with Crippen LogP contribution in [0.5, 0.6) is 0 Å². The largest absolute Gasteiger partial charge is 0.357 e. The lowest BCUT2D eigenvalue weighted by atomic mass is 10.1. The third-order valence-corrected chi connectivity index (χ3v) is 6.58. The minimum absolute atomic E-state index is 0. The van der Waals surface area contributed by atoms with E-state index in [1.54, 1.807) is 0 Å². The minimum atomic E-state index is 0. The fourth-order valence-corrected chi connectivity index (χ4v) is 4.79. The molecule has 1 aliphatic heterocycles. The highest BCUT2D eigenvalue weighted by Gasteiger charge is 2.32. The Kier molecular flexibility index (Phi) is 9.58. The molecule has 0 radical (unpaired) electrons. The van der Waals surface area contributed by atoms with E-state index in [1.165, 1.54) is 24.0 Å². The SMILES string of the molecule is CCNC(=NCc1cccc(Cn2ccnc2C)c1)NC1CCN(C(=O)C2CCCC2)C1.I. The van der Waals surface area contributed by atoms with Crippen LogP contribution in [0, 0.1) is 12.8 Å². The lowest BCUT2D eigenvalue weighted by Gasteiger charge is -2.21. The van der Waals surface area contributed by atoms with Gasteiger partial charge in [-0.25, -0.2) is 9.98 Å². The fraction of sp³-hybridized carbons (Fsp3) is 0.560. The molecule has 1 aliphatic carbocycles. The molecule has 2 fully saturated rings. The van der Waals surface area contributed by atoms with E-state index in [0.717, 1.165) is 57.2 Å². The van der Waals surface area contributed by atoms with Gasteiger partial charge >= 0.3 is 0 Å². The second-order valence-electron chi connectivity index (χ2n) is 9.01. The lowest BCUT2D eigenvalue weighted by Crippen LogP contribution is -2.45. The van der Waals surface area contributed by atoms with Crippen LogP contribution in [0.4, 0.5) is 0 Å². The first kappa shape index (κ1) is 25.5. The van der Waals surface area contributed by atoms with Crippen molar-refractivity contribution < 1.29 is 4.79 Å². The summed E-state index contributed by atoms with van der Waals surface area (Å²) in [5, 5.41) is 6.91. The first-order valence-corrected chi connectivity index (χ1v) is 12.0. The number of aliphatic imine (C=N–C) groups is 1. The number of hydrogen-bond donors (Lipinski definition) is 2. The number of nitrogens with zero attached hydrogens (tertiary/aromatic N) is 4. The number of likely N-dealkylation sites (tertiary alicyclic amines) is 1. The average molecular weight is 565 g/mol. The summed E-state index contributed by atoms with van der Waals surface area (Å²) in [6.07, 6.45) is 9.36. The van der Waals surface area contributed by atoms with Crippen LogP contribution in [0.25, 0.3) is 0 Å². The molecule has 0 bridgehead atoms. The molecular weight excluding hydrogens is 527 g/mol. The van der Waals surface area contributed by atoms with Gasteiger partial charge in [-0.2, -0.15) is 0 Å². The van der Waals surface area contributed by atoms with E-state index in [9.17, 15) is 4.79 Å². The van der Waals surface area contributed by atoms with E-state index >= 15 is 0 Å². The molecule has 1 saturated heterocycles. The summed E-state index contributed by atoms with van der Waals surface area (Å²) in [5.41, 5.74) is 2.43. The van der Waals surface area contributed by atoms with Crippen molar-refractivity contribution in [1.29, 1.82) is 0 Å². The van der Waals surface area contributed by atoms with E-state index < -0.39 is 0 Å². The molecule has 2 heterocycles. The Bertz CT molecular complexity index is 936. The number of benzene rings is 1. The quantitative estimate of drug-likeness (QED) is 0.306. The Morgan fingerprint density at radius 2 is 2.00 bits per heavy atom. The van der Waals surface area contributed by atoms with Crippen LogP contribution in [0.1, 0.15) is 56.0 Å². The molecule has 180 valence electrons. The molecule has 1 aromatic heterocycles. The van der Waals surface area contributed by atoms with Gasteiger partial charge in [0, 0.05) is 50.5 Å². The maximum absolute atomic E-state index is 12.7. The van der Waals surface area contributed by atoms with E-state index in [0.29, 0.717) is 12.5 Å². The molecule has 1 aromatic carbocycles. The standard InChI is InChI=1S/C25H36N6O.HI/c1-3-26-25(29-23-11-13-31(18-23)24(32)22-9-4-5-10-22)28-16-20-7-6-8-21(15-20)17-30-14-12-27-19(30)2;/h6-8,12,14-15,22-23H,3-5,9-11,13,16-18H2,1-2H3,(H2,26,28,29);1H. The van der Waals surface area contributed by atoms with E-state index in [2.05, 4.69) is 56.3 Å². The third-order valence-electron chi connectivity index (χ3n) is 6.58. The fourth-order valence-electron chi connectivity index (χ4n) is 4.79. The second kappa shape index (κ2) is 12.4. The van der Waals surface area contributed by atoms with Crippen molar-refractivity contribution in [1.82, 2.24) is 25.1 Å². The number of amides is 1. The van der Waals surface area contributed by atoms with Gasteiger partial charge in [-0.15, -0.1) is 24.0 Å². The Morgan fingerprint density at radius 3 is 2.73 bits per heavy atom. The molecule has 0 spiro atoms. The zero-order valence-corrected chi connectivity index (χ0v) is 22.1. The number of nitrogens with one attached hydrogen (secondary N) is 2. The third kappa shape index (κ3) is 6.94. The lowest BCUT2D eigenvalue weighted by molar-refractivity contribution is -0.134. The number of imidazole rings is 1. The first-order chi connectivity index (χ1) is 15.6. The van der Waals surface area contributed by atoms with Crippen molar-refractivity contribution in [3.8, 4) is 0 Å². The molecule has 1 atom stereocenters. The van der Waals surface area contributed by atoms with Crippen LogP contribution in [0.3, 0.4) is 0 Å². The number of aryl methyl sites for hydroxylation is 1. The monoisotopic (exact) mass is 564 g/mol. The Labute approximate surface area is 214 Å². The van der Waals surface area contributed by atoms with Gasteiger partial charge in [0.05, 0.1) is 6.54 Å². The number of carbonyl (C=O) groups is 1. The number of halogens is 1. The van der Waals surface area contributed by atoms with Gasteiger partial charge < -0.3 is 20.1 Å². The number of hydrogen-bond acceptors (Lipinski definition) is 3. The molecule has 8 heteroatoms.